The first-order valence-corrected chi connectivity index (χ1v) is 0.775. The van der Waals surface area contributed by atoms with E-state index in [4.69, 9.17) is 15.1 Å². The molecule has 0 saturated carbocycles. The first-order chi connectivity index (χ1) is 1.73. The third-order valence-electron chi connectivity index (χ3n) is 0. The van der Waals surface area contributed by atoms with Crippen molar-refractivity contribution < 1.29 is 68.0 Å². The van der Waals surface area contributed by atoms with E-state index in [0.29, 0.717) is 0 Å². The van der Waals surface area contributed by atoms with E-state index in [1.807, 2.05) is 0 Å². The molecule has 0 aromatic carbocycles. The molecule has 9 heteroatoms. The fraction of sp³-hybridized carbons (Fsp3) is 0. The Morgan fingerprint density at radius 1 is 0.778 bits per heavy atom. The Bertz CT molecular complexity index is 18.3. The van der Waals surface area contributed by atoms with Crippen molar-refractivity contribution in [2.45, 2.75) is 0 Å². The summed E-state index contributed by atoms with van der Waals surface area (Å²) in [5.41, 5.74) is 0. The Balaban J connectivity index is -0.00000000300. The summed E-state index contributed by atoms with van der Waals surface area (Å²) in [5, 5.41) is 21.5. The first-order valence-electron chi connectivity index (χ1n) is 0.775. The molecule has 7 nitrogen and oxygen atoms in total. The van der Waals surface area contributed by atoms with Crippen LogP contribution in [0.25, 0.3) is 0 Å². The molecule has 58 valence electrons. The van der Waals surface area contributed by atoms with Crippen LogP contribution in [0.4, 0.5) is 0 Å². The summed E-state index contributed by atoms with van der Waals surface area (Å²) in [4.78, 5) is 0. The van der Waals surface area contributed by atoms with Crippen LogP contribution in [0.5, 0.6) is 0 Å². The minimum Gasteiger partial charge on any atom is -1.00 e. The molecule has 9 heavy (non-hydrogen) atoms. The average Bonchev–Trinajstić information content (AvgIpc) is 0.811. The van der Waals surface area contributed by atoms with E-state index < -0.39 is 7.32 Å². The van der Waals surface area contributed by atoms with Gasteiger partial charge in [-0.3, -0.25) is 0 Å². The monoisotopic (exact) mass is 158 g/mol. The number of rotatable bonds is 0. The first kappa shape index (κ1) is 52.7. The zero-order valence-corrected chi connectivity index (χ0v) is 6.92. The van der Waals surface area contributed by atoms with Crippen molar-refractivity contribution >= 4 is 7.32 Å². The molecule has 0 radical (unpaired) electrons. The Hall–Kier alpha value is 0.785. The Kier molecular flexibility index (Phi) is 218. The maximum atomic E-state index is 7.17. The Labute approximate surface area is 75.5 Å². The van der Waals surface area contributed by atoms with E-state index in [9.17, 15) is 0 Å². The molecule has 0 aliphatic carbocycles. The van der Waals surface area contributed by atoms with Crippen LogP contribution in [0.1, 0.15) is 1.43 Å². The average molecular weight is 158 g/mol. The summed E-state index contributed by atoms with van der Waals surface area (Å²) < 4.78 is 0. The topological polar surface area (TPSA) is 187 Å². The van der Waals surface area contributed by atoms with Gasteiger partial charge in [0, 0.05) is 0 Å². The van der Waals surface area contributed by atoms with Crippen LogP contribution >= 0.6 is 0 Å². The van der Waals surface area contributed by atoms with Crippen LogP contribution < -0.4 is 29.6 Å². The van der Waals surface area contributed by atoms with Gasteiger partial charge in [-0.25, -0.2) is 0 Å². The molecule has 0 aliphatic heterocycles. The molecular formula is H12BNaO7. The SMILES string of the molecule is O.O.O.O.OB(O)O.[H-].[Na+]. The Morgan fingerprint density at radius 2 is 0.778 bits per heavy atom. The van der Waals surface area contributed by atoms with E-state index in [0.717, 1.165) is 0 Å². The predicted molar refractivity (Wildman–Crippen MR) is 28.0 cm³/mol. The largest absolute Gasteiger partial charge is 1.00 e. The van der Waals surface area contributed by atoms with E-state index in [1.165, 1.54) is 0 Å². The van der Waals surface area contributed by atoms with Crippen molar-refractivity contribution in [1.82, 2.24) is 0 Å². The molecule has 0 atom stereocenters. The normalized spacial score (nSPS) is 3.00. The second-order valence-corrected chi connectivity index (χ2v) is 0.346. The standard InChI is InChI=1S/BH3O3.Na.4H2O.H/c2-1(3)4;;;;;;/h2-4H;;4*1H2;/q;+1;;;;;-1. The van der Waals surface area contributed by atoms with Crippen LogP contribution in [0.2, 0.25) is 0 Å². The van der Waals surface area contributed by atoms with E-state index in [2.05, 4.69) is 0 Å². The van der Waals surface area contributed by atoms with Crippen LogP contribution in [0.3, 0.4) is 0 Å². The third kappa shape index (κ3) is 656. The van der Waals surface area contributed by atoms with Gasteiger partial charge in [-0.2, -0.15) is 0 Å². The van der Waals surface area contributed by atoms with Crippen molar-refractivity contribution in [3.8, 4) is 0 Å². The zero-order valence-electron chi connectivity index (χ0n) is 5.92. The van der Waals surface area contributed by atoms with Crippen molar-refractivity contribution in [3.05, 3.63) is 0 Å². The molecule has 0 aromatic heterocycles. The van der Waals surface area contributed by atoms with Crippen molar-refractivity contribution in [1.29, 1.82) is 0 Å². The molecule has 0 unspecified atom stereocenters. The predicted octanol–water partition coefficient (Wildman–Crippen LogP) is -8.23. The molecule has 0 spiro atoms. The molecule has 11 N–H and O–H groups in total. The fourth-order valence-corrected chi connectivity index (χ4v) is 0. The molecule has 0 aromatic rings. The summed E-state index contributed by atoms with van der Waals surface area (Å²) in [5.74, 6) is 0. The fourth-order valence-electron chi connectivity index (χ4n) is 0. The molecular weight excluding hydrogens is 146 g/mol. The second kappa shape index (κ2) is 37.2. The van der Waals surface area contributed by atoms with Gasteiger partial charge in [0.05, 0.1) is 0 Å². The van der Waals surface area contributed by atoms with E-state index in [-0.39, 0.29) is 52.9 Å². The van der Waals surface area contributed by atoms with Crippen LogP contribution in [0.15, 0.2) is 0 Å². The van der Waals surface area contributed by atoms with Gasteiger partial charge in [0.1, 0.15) is 0 Å². The summed E-state index contributed by atoms with van der Waals surface area (Å²) in [6, 6.07) is 0. The zero-order chi connectivity index (χ0) is 3.58. The van der Waals surface area contributed by atoms with Gasteiger partial charge < -0.3 is 38.4 Å². The summed E-state index contributed by atoms with van der Waals surface area (Å²) in [6.45, 7) is 0. The van der Waals surface area contributed by atoms with Gasteiger partial charge in [-0.05, 0) is 0 Å². The molecule has 0 aliphatic rings. The van der Waals surface area contributed by atoms with E-state index >= 15 is 0 Å². The third-order valence-corrected chi connectivity index (χ3v) is 0. The maximum absolute atomic E-state index is 7.17. The van der Waals surface area contributed by atoms with Gasteiger partial charge in [-0.1, -0.05) is 0 Å². The minimum atomic E-state index is -2.17. The molecule has 0 fully saturated rings. The second-order valence-electron chi connectivity index (χ2n) is 0.346. The van der Waals surface area contributed by atoms with Crippen molar-refractivity contribution in [2.24, 2.45) is 0 Å². The van der Waals surface area contributed by atoms with Gasteiger partial charge in [0.2, 0.25) is 0 Å². The van der Waals surface area contributed by atoms with Crippen LogP contribution in [-0.2, 0) is 0 Å². The van der Waals surface area contributed by atoms with Crippen LogP contribution in [-0.4, -0.2) is 44.3 Å². The summed E-state index contributed by atoms with van der Waals surface area (Å²) >= 11 is 0. The van der Waals surface area contributed by atoms with E-state index in [1.54, 1.807) is 0 Å². The quantitative estimate of drug-likeness (QED) is 0.295. The molecule has 0 rings (SSSR count). The molecule has 0 bridgehead atoms. The van der Waals surface area contributed by atoms with Crippen molar-refractivity contribution in [2.75, 3.05) is 0 Å². The maximum Gasteiger partial charge on any atom is 1.00 e. The summed E-state index contributed by atoms with van der Waals surface area (Å²) in [6.07, 6.45) is 0. The van der Waals surface area contributed by atoms with Crippen LogP contribution in [0, 0.1) is 0 Å². The van der Waals surface area contributed by atoms with Crippen molar-refractivity contribution in [3.63, 3.8) is 0 Å². The smallest absolute Gasteiger partial charge is 1.00 e. The number of hydrogen-bond acceptors (Lipinski definition) is 3. The van der Waals surface area contributed by atoms with Gasteiger partial charge >= 0.3 is 36.9 Å². The molecule has 0 heterocycles. The number of hydrogen-bond donors (Lipinski definition) is 3. The van der Waals surface area contributed by atoms with Gasteiger partial charge in [0.15, 0.2) is 0 Å². The minimum absolute atomic E-state index is 0. The molecule has 0 amide bonds. The molecule has 0 saturated heterocycles. The Morgan fingerprint density at radius 3 is 0.778 bits per heavy atom. The van der Waals surface area contributed by atoms with Gasteiger partial charge in [0.25, 0.3) is 0 Å². The van der Waals surface area contributed by atoms with Gasteiger partial charge in [-0.15, -0.1) is 0 Å². The summed E-state index contributed by atoms with van der Waals surface area (Å²) in [7, 11) is -2.17.